The summed E-state index contributed by atoms with van der Waals surface area (Å²) in [5.74, 6) is 1.42. The number of hydrogen-bond acceptors (Lipinski definition) is 3. The number of ether oxygens (including phenoxy) is 2. The SMILES string of the molecule is COc1ccc(COc2cc(Cl)ccc2C)cc1C(N)=S. The largest absolute Gasteiger partial charge is 0.496 e. The van der Waals surface area contributed by atoms with Gasteiger partial charge in [0.15, 0.2) is 0 Å². The van der Waals surface area contributed by atoms with Gasteiger partial charge in [0.05, 0.1) is 12.7 Å². The van der Waals surface area contributed by atoms with Crippen LogP contribution in [0.4, 0.5) is 0 Å². The Morgan fingerprint density at radius 1 is 1.19 bits per heavy atom. The molecule has 0 atom stereocenters. The van der Waals surface area contributed by atoms with E-state index in [4.69, 9.17) is 39.0 Å². The molecule has 0 saturated carbocycles. The molecular weight excluding hydrogens is 306 g/mol. The van der Waals surface area contributed by atoms with Crippen LogP contribution in [0.3, 0.4) is 0 Å². The number of hydrogen-bond donors (Lipinski definition) is 1. The van der Waals surface area contributed by atoms with E-state index < -0.39 is 0 Å². The van der Waals surface area contributed by atoms with E-state index in [1.54, 1.807) is 13.2 Å². The van der Waals surface area contributed by atoms with Gasteiger partial charge in [-0.2, -0.15) is 0 Å². The maximum absolute atomic E-state index is 5.97. The molecule has 3 nitrogen and oxygen atoms in total. The number of thiocarbonyl (C=S) groups is 1. The van der Waals surface area contributed by atoms with Crippen molar-refractivity contribution in [3.8, 4) is 11.5 Å². The fraction of sp³-hybridized carbons (Fsp3) is 0.188. The topological polar surface area (TPSA) is 44.5 Å². The molecule has 2 aromatic carbocycles. The molecule has 110 valence electrons. The molecule has 0 aliphatic carbocycles. The minimum Gasteiger partial charge on any atom is -0.496 e. The Hall–Kier alpha value is -1.78. The van der Waals surface area contributed by atoms with Crippen LogP contribution in [0.5, 0.6) is 11.5 Å². The predicted octanol–water partition coefficient (Wildman–Crippen LogP) is 3.87. The summed E-state index contributed by atoms with van der Waals surface area (Å²) < 4.78 is 11.0. The highest BCUT2D eigenvalue weighted by Crippen LogP contribution is 2.25. The van der Waals surface area contributed by atoms with Crippen molar-refractivity contribution in [2.24, 2.45) is 5.73 Å². The first-order valence-corrected chi connectivity index (χ1v) is 7.15. The molecule has 0 amide bonds. The first-order valence-electron chi connectivity index (χ1n) is 6.37. The summed E-state index contributed by atoms with van der Waals surface area (Å²) in [6.45, 7) is 2.38. The number of aryl methyl sites for hydroxylation is 1. The molecule has 2 rings (SSSR count). The van der Waals surface area contributed by atoms with E-state index in [1.807, 2.05) is 37.3 Å². The van der Waals surface area contributed by atoms with Crippen LogP contribution in [0.2, 0.25) is 5.02 Å². The van der Waals surface area contributed by atoms with E-state index in [0.717, 1.165) is 16.9 Å². The second-order valence-corrected chi connectivity index (χ2v) is 5.47. The molecule has 0 spiro atoms. The van der Waals surface area contributed by atoms with Crippen LogP contribution in [-0.4, -0.2) is 12.1 Å². The summed E-state index contributed by atoms with van der Waals surface area (Å²) in [4.78, 5) is 0.299. The molecule has 0 bridgehead atoms. The summed E-state index contributed by atoms with van der Waals surface area (Å²) in [5.41, 5.74) is 8.40. The van der Waals surface area contributed by atoms with Gasteiger partial charge in [-0.05, 0) is 42.3 Å². The van der Waals surface area contributed by atoms with Gasteiger partial charge in [0.2, 0.25) is 0 Å². The van der Waals surface area contributed by atoms with Crippen molar-refractivity contribution in [1.82, 2.24) is 0 Å². The van der Waals surface area contributed by atoms with Gasteiger partial charge >= 0.3 is 0 Å². The molecule has 2 aromatic rings. The Bertz CT molecular complexity index is 673. The normalized spacial score (nSPS) is 10.2. The predicted molar refractivity (Wildman–Crippen MR) is 89.4 cm³/mol. The third-order valence-corrected chi connectivity index (χ3v) is 3.53. The van der Waals surface area contributed by atoms with Crippen LogP contribution in [0, 0.1) is 6.92 Å². The molecule has 0 radical (unpaired) electrons. The monoisotopic (exact) mass is 321 g/mol. The number of nitrogens with two attached hydrogens (primary N) is 1. The molecule has 0 aliphatic rings. The minimum atomic E-state index is 0.299. The summed E-state index contributed by atoms with van der Waals surface area (Å²) in [6, 6.07) is 11.2. The number of rotatable bonds is 5. The van der Waals surface area contributed by atoms with Gasteiger partial charge in [-0.25, -0.2) is 0 Å². The van der Waals surface area contributed by atoms with E-state index in [1.165, 1.54) is 0 Å². The molecule has 0 aromatic heterocycles. The van der Waals surface area contributed by atoms with E-state index >= 15 is 0 Å². The zero-order chi connectivity index (χ0) is 15.4. The average molecular weight is 322 g/mol. The summed E-state index contributed by atoms with van der Waals surface area (Å²) in [7, 11) is 1.59. The van der Waals surface area contributed by atoms with Gasteiger partial charge in [0.1, 0.15) is 23.1 Å². The summed E-state index contributed by atoms with van der Waals surface area (Å²) >= 11 is 11.0. The van der Waals surface area contributed by atoms with Crippen LogP contribution in [0.25, 0.3) is 0 Å². The van der Waals surface area contributed by atoms with Crippen LogP contribution < -0.4 is 15.2 Å². The Kier molecular flexibility index (Phi) is 5.04. The summed E-state index contributed by atoms with van der Waals surface area (Å²) in [6.07, 6.45) is 0. The highest BCUT2D eigenvalue weighted by molar-refractivity contribution is 7.80. The standard InChI is InChI=1S/C16H16ClNO2S/c1-10-3-5-12(17)8-15(10)20-9-11-4-6-14(19-2)13(7-11)16(18)21/h3-8H,9H2,1-2H3,(H2,18,21). The third kappa shape index (κ3) is 3.86. The van der Waals surface area contributed by atoms with Gasteiger partial charge in [0.25, 0.3) is 0 Å². The highest BCUT2D eigenvalue weighted by Gasteiger charge is 2.08. The van der Waals surface area contributed by atoms with Crippen molar-refractivity contribution in [3.63, 3.8) is 0 Å². The zero-order valence-corrected chi connectivity index (χ0v) is 13.4. The van der Waals surface area contributed by atoms with Gasteiger partial charge < -0.3 is 15.2 Å². The Morgan fingerprint density at radius 3 is 2.62 bits per heavy atom. The molecule has 0 aliphatic heterocycles. The Balaban J connectivity index is 2.18. The molecule has 0 heterocycles. The van der Waals surface area contributed by atoms with E-state index in [0.29, 0.717) is 27.9 Å². The Morgan fingerprint density at radius 2 is 1.95 bits per heavy atom. The lowest BCUT2D eigenvalue weighted by Gasteiger charge is -2.12. The summed E-state index contributed by atoms with van der Waals surface area (Å²) in [5, 5.41) is 0.647. The molecule has 0 unspecified atom stereocenters. The quantitative estimate of drug-likeness (QED) is 0.849. The van der Waals surface area contributed by atoms with Gasteiger partial charge in [-0.1, -0.05) is 36.0 Å². The van der Waals surface area contributed by atoms with E-state index in [-0.39, 0.29) is 0 Å². The number of halogens is 1. The third-order valence-electron chi connectivity index (χ3n) is 3.07. The first kappa shape index (κ1) is 15.6. The molecule has 0 saturated heterocycles. The van der Waals surface area contributed by atoms with Crippen molar-refractivity contribution >= 4 is 28.8 Å². The van der Waals surface area contributed by atoms with Gasteiger partial charge in [0, 0.05) is 5.02 Å². The van der Waals surface area contributed by atoms with Gasteiger partial charge in [-0.15, -0.1) is 0 Å². The molecule has 0 fully saturated rings. The fourth-order valence-corrected chi connectivity index (χ4v) is 2.25. The second-order valence-electron chi connectivity index (χ2n) is 4.60. The lowest BCUT2D eigenvalue weighted by Crippen LogP contribution is -2.12. The van der Waals surface area contributed by atoms with E-state index in [9.17, 15) is 0 Å². The minimum absolute atomic E-state index is 0.299. The highest BCUT2D eigenvalue weighted by atomic mass is 35.5. The average Bonchev–Trinajstić information content (AvgIpc) is 2.47. The lowest BCUT2D eigenvalue weighted by atomic mass is 10.1. The lowest BCUT2D eigenvalue weighted by molar-refractivity contribution is 0.304. The molecule has 5 heteroatoms. The number of methoxy groups -OCH3 is 1. The van der Waals surface area contributed by atoms with Crippen LogP contribution in [-0.2, 0) is 6.61 Å². The van der Waals surface area contributed by atoms with Crippen LogP contribution >= 0.6 is 23.8 Å². The maximum Gasteiger partial charge on any atom is 0.129 e. The fourth-order valence-electron chi connectivity index (χ4n) is 1.93. The smallest absolute Gasteiger partial charge is 0.129 e. The molecular formula is C16H16ClNO2S. The van der Waals surface area contributed by atoms with Crippen LogP contribution in [0.1, 0.15) is 16.7 Å². The van der Waals surface area contributed by atoms with Crippen molar-refractivity contribution < 1.29 is 9.47 Å². The molecule has 21 heavy (non-hydrogen) atoms. The maximum atomic E-state index is 5.97. The second kappa shape index (κ2) is 6.78. The first-order chi connectivity index (χ1) is 10.0. The zero-order valence-electron chi connectivity index (χ0n) is 11.9. The van der Waals surface area contributed by atoms with Crippen molar-refractivity contribution in [1.29, 1.82) is 0 Å². The van der Waals surface area contributed by atoms with Gasteiger partial charge in [-0.3, -0.25) is 0 Å². The molecule has 2 N–H and O–H groups in total. The van der Waals surface area contributed by atoms with Crippen molar-refractivity contribution in [2.75, 3.05) is 7.11 Å². The Labute approximate surface area is 134 Å². The van der Waals surface area contributed by atoms with Crippen molar-refractivity contribution in [2.45, 2.75) is 13.5 Å². The van der Waals surface area contributed by atoms with Crippen LogP contribution in [0.15, 0.2) is 36.4 Å². The van der Waals surface area contributed by atoms with Crippen molar-refractivity contribution in [3.05, 3.63) is 58.1 Å². The van der Waals surface area contributed by atoms with E-state index in [2.05, 4.69) is 0 Å². The number of benzene rings is 2.